The number of amides is 1. The number of nitrogens with one attached hydrogen (secondary N) is 1. The monoisotopic (exact) mass is 435 g/mol. The molecule has 1 amide bonds. The number of sulfone groups is 1. The van der Waals surface area contributed by atoms with Crippen LogP contribution in [0, 0.1) is 0 Å². The van der Waals surface area contributed by atoms with Crippen molar-refractivity contribution in [3.8, 4) is 5.75 Å². The SMILES string of the molecule is O=C(NC1CS(=O)(=O)CC1N1CCCCC1)c1cccc(OCc2cscn2)c1. The molecule has 2 saturated heterocycles. The number of benzene rings is 1. The predicted molar refractivity (Wildman–Crippen MR) is 112 cm³/mol. The zero-order chi connectivity index (χ0) is 20.3. The summed E-state index contributed by atoms with van der Waals surface area (Å²) in [5.74, 6) is 0.430. The highest BCUT2D eigenvalue weighted by Gasteiger charge is 2.42. The Morgan fingerprint density at radius 3 is 2.83 bits per heavy atom. The number of nitrogens with zero attached hydrogens (tertiary/aromatic N) is 2. The maximum absolute atomic E-state index is 12.8. The van der Waals surface area contributed by atoms with Crippen LogP contribution in [0.25, 0.3) is 0 Å². The summed E-state index contributed by atoms with van der Waals surface area (Å²) in [7, 11) is -3.15. The molecule has 1 N–H and O–H groups in total. The van der Waals surface area contributed by atoms with Gasteiger partial charge in [0.1, 0.15) is 12.4 Å². The van der Waals surface area contributed by atoms with E-state index in [1.807, 2.05) is 5.38 Å². The van der Waals surface area contributed by atoms with E-state index in [-0.39, 0.29) is 29.5 Å². The Hall–Kier alpha value is -1.97. The van der Waals surface area contributed by atoms with Crippen molar-refractivity contribution in [2.45, 2.75) is 38.0 Å². The molecule has 156 valence electrons. The second-order valence-corrected chi connectivity index (χ2v) is 10.5. The number of rotatable bonds is 6. The third-order valence-electron chi connectivity index (χ3n) is 5.47. The van der Waals surface area contributed by atoms with Crippen molar-refractivity contribution in [1.82, 2.24) is 15.2 Å². The molecule has 2 atom stereocenters. The molecule has 2 aromatic rings. The van der Waals surface area contributed by atoms with Gasteiger partial charge in [0.25, 0.3) is 5.91 Å². The fourth-order valence-electron chi connectivity index (χ4n) is 4.02. The van der Waals surface area contributed by atoms with Gasteiger partial charge in [-0.2, -0.15) is 0 Å². The molecule has 0 bridgehead atoms. The number of likely N-dealkylation sites (tertiary alicyclic amines) is 1. The van der Waals surface area contributed by atoms with Gasteiger partial charge in [-0.1, -0.05) is 12.5 Å². The topological polar surface area (TPSA) is 88.6 Å². The maximum Gasteiger partial charge on any atom is 0.251 e. The van der Waals surface area contributed by atoms with E-state index in [1.54, 1.807) is 29.8 Å². The second-order valence-electron chi connectivity index (χ2n) is 7.62. The minimum atomic E-state index is -3.15. The van der Waals surface area contributed by atoms with Gasteiger partial charge in [-0.3, -0.25) is 9.69 Å². The Kier molecular flexibility index (Phi) is 6.17. The smallest absolute Gasteiger partial charge is 0.251 e. The molecule has 2 fully saturated rings. The molecule has 2 aliphatic heterocycles. The first-order valence-corrected chi connectivity index (χ1v) is 12.6. The highest BCUT2D eigenvalue weighted by atomic mass is 32.2. The fourth-order valence-corrected chi connectivity index (χ4v) is 6.52. The lowest BCUT2D eigenvalue weighted by Gasteiger charge is -2.35. The molecule has 9 heteroatoms. The summed E-state index contributed by atoms with van der Waals surface area (Å²) in [6, 6.07) is 6.42. The van der Waals surface area contributed by atoms with Crippen LogP contribution in [0.15, 0.2) is 35.2 Å². The lowest BCUT2D eigenvalue weighted by Crippen LogP contribution is -2.52. The van der Waals surface area contributed by atoms with Gasteiger partial charge in [0.05, 0.1) is 28.8 Å². The Morgan fingerprint density at radius 1 is 1.24 bits per heavy atom. The van der Waals surface area contributed by atoms with Crippen molar-refractivity contribution in [3.63, 3.8) is 0 Å². The van der Waals surface area contributed by atoms with Crippen LogP contribution >= 0.6 is 11.3 Å². The fraction of sp³-hybridized carbons (Fsp3) is 0.500. The molecule has 1 aromatic carbocycles. The molecule has 1 aromatic heterocycles. The molecule has 0 radical (unpaired) electrons. The molecule has 0 aliphatic carbocycles. The van der Waals surface area contributed by atoms with E-state index < -0.39 is 9.84 Å². The van der Waals surface area contributed by atoms with Crippen LogP contribution in [-0.2, 0) is 16.4 Å². The largest absolute Gasteiger partial charge is 0.487 e. The van der Waals surface area contributed by atoms with Crippen molar-refractivity contribution in [2.24, 2.45) is 0 Å². The van der Waals surface area contributed by atoms with Crippen LogP contribution in [0.4, 0.5) is 0 Å². The van der Waals surface area contributed by atoms with Crippen LogP contribution < -0.4 is 10.1 Å². The summed E-state index contributed by atoms with van der Waals surface area (Å²) in [6.45, 7) is 2.13. The van der Waals surface area contributed by atoms with Crippen LogP contribution in [0.3, 0.4) is 0 Å². The summed E-state index contributed by atoms with van der Waals surface area (Å²) >= 11 is 1.50. The Labute approximate surface area is 175 Å². The van der Waals surface area contributed by atoms with Crippen LogP contribution in [0.5, 0.6) is 5.75 Å². The summed E-state index contributed by atoms with van der Waals surface area (Å²) in [4.78, 5) is 19.2. The van der Waals surface area contributed by atoms with Gasteiger partial charge >= 0.3 is 0 Å². The molecule has 29 heavy (non-hydrogen) atoms. The number of carbonyl (C=O) groups is 1. The average molecular weight is 436 g/mol. The Morgan fingerprint density at radius 2 is 2.07 bits per heavy atom. The van der Waals surface area contributed by atoms with E-state index in [1.165, 1.54) is 17.8 Å². The minimum absolute atomic E-state index is 0.0000765. The molecular formula is C20H25N3O4S2. The lowest BCUT2D eigenvalue weighted by molar-refractivity contribution is 0.0899. The molecule has 0 saturated carbocycles. The third-order valence-corrected chi connectivity index (χ3v) is 7.82. The highest BCUT2D eigenvalue weighted by Crippen LogP contribution is 2.23. The van der Waals surface area contributed by atoms with Crippen molar-refractivity contribution in [1.29, 1.82) is 0 Å². The average Bonchev–Trinajstić information content (AvgIpc) is 3.34. The maximum atomic E-state index is 12.8. The molecule has 2 unspecified atom stereocenters. The van der Waals surface area contributed by atoms with Gasteiger partial charge in [-0.15, -0.1) is 11.3 Å². The summed E-state index contributed by atoms with van der Waals surface area (Å²) in [5, 5.41) is 4.88. The summed E-state index contributed by atoms with van der Waals surface area (Å²) < 4.78 is 30.2. The zero-order valence-corrected chi connectivity index (χ0v) is 17.8. The van der Waals surface area contributed by atoms with E-state index in [2.05, 4.69) is 15.2 Å². The van der Waals surface area contributed by atoms with Gasteiger partial charge in [0.2, 0.25) is 0 Å². The standard InChI is InChI=1S/C20H25N3O4S2/c24-20(15-5-4-6-17(9-15)27-10-16-11-28-14-21-16)22-18-12-29(25,26)13-19(18)23-7-2-1-3-8-23/h4-6,9,11,14,18-19H,1-3,7-8,10,12-13H2,(H,22,24). The normalized spacial score (nSPS) is 24.3. The van der Waals surface area contributed by atoms with E-state index in [4.69, 9.17) is 4.74 Å². The number of hydrogen-bond donors (Lipinski definition) is 1. The van der Waals surface area contributed by atoms with Crippen LogP contribution in [0.2, 0.25) is 0 Å². The number of carbonyl (C=O) groups excluding carboxylic acids is 1. The van der Waals surface area contributed by atoms with Crippen molar-refractivity contribution >= 4 is 27.1 Å². The van der Waals surface area contributed by atoms with E-state index >= 15 is 0 Å². The molecule has 0 spiro atoms. The van der Waals surface area contributed by atoms with E-state index in [0.717, 1.165) is 31.6 Å². The minimum Gasteiger partial charge on any atom is -0.487 e. The Bertz CT molecular complexity index is 940. The number of aromatic nitrogens is 1. The predicted octanol–water partition coefficient (Wildman–Crippen LogP) is 2.10. The van der Waals surface area contributed by atoms with Gasteiger partial charge < -0.3 is 10.1 Å². The first kappa shape index (κ1) is 20.3. The quantitative estimate of drug-likeness (QED) is 0.748. The van der Waals surface area contributed by atoms with Gasteiger partial charge in [-0.05, 0) is 44.1 Å². The molecule has 3 heterocycles. The van der Waals surface area contributed by atoms with Gasteiger partial charge in [-0.25, -0.2) is 13.4 Å². The number of piperidine rings is 1. The first-order valence-electron chi connectivity index (χ1n) is 9.85. The molecule has 2 aliphatic rings. The van der Waals surface area contributed by atoms with Crippen molar-refractivity contribution < 1.29 is 17.9 Å². The summed E-state index contributed by atoms with van der Waals surface area (Å²) in [5.41, 5.74) is 3.05. The van der Waals surface area contributed by atoms with E-state index in [9.17, 15) is 13.2 Å². The molecule has 4 rings (SSSR count). The first-order chi connectivity index (χ1) is 14.0. The molecule has 7 nitrogen and oxygen atoms in total. The van der Waals surface area contributed by atoms with E-state index in [0.29, 0.717) is 17.9 Å². The van der Waals surface area contributed by atoms with Crippen LogP contribution in [-0.4, -0.2) is 60.9 Å². The van der Waals surface area contributed by atoms with Gasteiger partial charge in [0.15, 0.2) is 9.84 Å². The zero-order valence-electron chi connectivity index (χ0n) is 16.1. The number of ether oxygens (including phenoxy) is 1. The summed E-state index contributed by atoms with van der Waals surface area (Å²) in [6.07, 6.45) is 3.34. The Balaban J connectivity index is 1.42. The number of hydrogen-bond acceptors (Lipinski definition) is 7. The van der Waals surface area contributed by atoms with Crippen molar-refractivity contribution in [3.05, 3.63) is 46.4 Å². The lowest BCUT2D eigenvalue weighted by atomic mass is 10.0. The van der Waals surface area contributed by atoms with Crippen LogP contribution in [0.1, 0.15) is 35.3 Å². The van der Waals surface area contributed by atoms with Gasteiger partial charge in [0, 0.05) is 17.0 Å². The van der Waals surface area contributed by atoms with Crippen molar-refractivity contribution in [2.75, 3.05) is 24.6 Å². The third kappa shape index (κ3) is 5.15. The highest BCUT2D eigenvalue weighted by molar-refractivity contribution is 7.91. The second kappa shape index (κ2) is 8.81. The molecular weight excluding hydrogens is 410 g/mol. The number of thiazole rings is 1.